The van der Waals surface area contributed by atoms with Gasteiger partial charge in [-0.25, -0.2) is 0 Å². The Hall–Kier alpha value is -0.0500. The highest BCUT2D eigenvalue weighted by Gasteiger charge is 2.33. The van der Waals surface area contributed by atoms with Crippen LogP contribution in [0.15, 0.2) is 22.7 Å². The summed E-state index contributed by atoms with van der Waals surface area (Å²) in [6.45, 7) is 2.34. The van der Waals surface area contributed by atoms with Crippen molar-refractivity contribution in [3.05, 3.63) is 33.8 Å². The lowest BCUT2D eigenvalue weighted by Gasteiger charge is -2.19. The van der Waals surface area contributed by atoms with Gasteiger partial charge in [-0.05, 0) is 41.5 Å². The molecule has 1 aromatic carbocycles. The molecular weight excluding hydrogens is 261 g/mol. The molecule has 2 atom stereocenters. The Morgan fingerprint density at radius 2 is 1.86 bits per heavy atom. The molecule has 0 aromatic heterocycles. The van der Waals surface area contributed by atoms with E-state index in [1.54, 1.807) is 11.1 Å². The summed E-state index contributed by atoms with van der Waals surface area (Å²) < 4.78 is 1.22. The summed E-state index contributed by atoms with van der Waals surface area (Å²) in [6.07, 6.45) is 1.36. The maximum atomic E-state index is 3.54. The van der Waals surface area contributed by atoms with Gasteiger partial charge in [-0.1, -0.05) is 22.0 Å². The smallest absolute Gasteiger partial charge is 0.0178 e. The van der Waals surface area contributed by atoms with E-state index >= 15 is 0 Å². The van der Waals surface area contributed by atoms with Crippen LogP contribution in [0.4, 0.5) is 0 Å². The van der Waals surface area contributed by atoms with Crippen LogP contribution in [-0.2, 0) is 0 Å². The van der Waals surface area contributed by atoms with E-state index in [9.17, 15) is 0 Å². The fraction of sp³-hybridized carbons (Fsp3) is 0.455. The quantitative estimate of drug-likeness (QED) is 0.767. The minimum Gasteiger partial charge on any atom is -0.316 e. The average Bonchev–Trinajstić information content (AvgIpc) is 2.39. The highest BCUT2D eigenvalue weighted by atomic mass is 79.9. The molecule has 1 fully saturated rings. The van der Waals surface area contributed by atoms with Crippen LogP contribution in [0.1, 0.15) is 29.4 Å². The van der Waals surface area contributed by atoms with Crippen LogP contribution in [-0.4, -0.2) is 13.1 Å². The Kier molecular flexibility index (Phi) is 2.87. The standard InChI is InChI=1S/C11H12BrN.ClH/c12-9-1-2-10-7-3-8(6-13-5-7)11(10)4-9;/h1-2,4,7-8,13H,3,5-6H2;1H/t7-,8+;/m0./s1. The summed E-state index contributed by atoms with van der Waals surface area (Å²) in [4.78, 5) is 0. The van der Waals surface area contributed by atoms with E-state index in [4.69, 9.17) is 0 Å². The highest BCUT2D eigenvalue weighted by molar-refractivity contribution is 9.10. The molecule has 1 aliphatic carbocycles. The second kappa shape index (κ2) is 3.84. The van der Waals surface area contributed by atoms with Crippen molar-refractivity contribution in [1.29, 1.82) is 0 Å². The van der Waals surface area contributed by atoms with Crippen molar-refractivity contribution < 1.29 is 0 Å². The zero-order valence-electron chi connectivity index (χ0n) is 7.79. The molecule has 1 saturated heterocycles. The van der Waals surface area contributed by atoms with Gasteiger partial charge in [0.05, 0.1) is 0 Å². The molecule has 76 valence electrons. The average molecular weight is 275 g/mol. The fourth-order valence-electron chi connectivity index (χ4n) is 2.69. The second-order valence-electron chi connectivity index (χ2n) is 4.06. The van der Waals surface area contributed by atoms with Gasteiger partial charge in [0.1, 0.15) is 0 Å². The highest BCUT2D eigenvalue weighted by Crippen LogP contribution is 2.44. The Labute approximate surface area is 98.8 Å². The lowest BCUT2D eigenvalue weighted by Crippen LogP contribution is -2.28. The lowest BCUT2D eigenvalue weighted by molar-refractivity contribution is 0.454. The molecule has 0 radical (unpaired) electrons. The van der Waals surface area contributed by atoms with Crippen molar-refractivity contribution >= 4 is 28.3 Å². The van der Waals surface area contributed by atoms with Gasteiger partial charge >= 0.3 is 0 Å². The Morgan fingerprint density at radius 1 is 1.14 bits per heavy atom. The fourth-order valence-corrected chi connectivity index (χ4v) is 3.07. The monoisotopic (exact) mass is 273 g/mol. The van der Waals surface area contributed by atoms with Crippen LogP contribution in [0, 0.1) is 0 Å². The van der Waals surface area contributed by atoms with E-state index in [-0.39, 0.29) is 12.4 Å². The maximum Gasteiger partial charge on any atom is 0.0178 e. The van der Waals surface area contributed by atoms with Crippen molar-refractivity contribution in [2.75, 3.05) is 13.1 Å². The molecule has 0 amide bonds. The summed E-state index contributed by atoms with van der Waals surface area (Å²) in [7, 11) is 0. The molecule has 2 bridgehead atoms. The molecule has 0 unspecified atom stereocenters. The summed E-state index contributed by atoms with van der Waals surface area (Å²) in [5, 5.41) is 3.50. The molecule has 1 nitrogen and oxygen atoms in total. The zero-order chi connectivity index (χ0) is 8.84. The zero-order valence-corrected chi connectivity index (χ0v) is 10.2. The van der Waals surface area contributed by atoms with E-state index in [1.165, 1.54) is 24.0 Å². The van der Waals surface area contributed by atoms with Crippen molar-refractivity contribution in [3.63, 3.8) is 0 Å². The molecule has 14 heavy (non-hydrogen) atoms. The van der Waals surface area contributed by atoms with Gasteiger partial charge in [0.2, 0.25) is 0 Å². The first kappa shape index (κ1) is 10.5. The minimum atomic E-state index is 0. The molecule has 1 heterocycles. The Morgan fingerprint density at radius 3 is 2.64 bits per heavy atom. The van der Waals surface area contributed by atoms with Gasteiger partial charge in [0.15, 0.2) is 0 Å². The minimum absolute atomic E-state index is 0. The van der Waals surface area contributed by atoms with Crippen LogP contribution < -0.4 is 5.32 Å². The second-order valence-corrected chi connectivity index (χ2v) is 4.98. The van der Waals surface area contributed by atoms with E-state index in [2.05, 4.69) is 39.4 Å². The topological polar surface area (TPSA) is 12.0 Å². The summed E-state index contributed by atoms with van der Waals surface area (Å²) in [5.74, 6) is 1.55. The molecule has 3 rings (SSSR count). The molecular formula is C11H13BrClN. The number of fused-ring (bicyclic) bond motifs is 5. The van der Waals surface area contributed by atoms with E-state index < -0.39 is 0 Å². The van der Waals surface area contributed by atoms with Crippen LogP contribution in [0.25, 0.3) is 0 Å². The largest absolute Gasteiger partial charge is 0.316 e. The number of piperidine rings is 1. The van der Waals surface area contributed by atoms with Crippen molar-refractivity contribution in [3.8, 4) is 0 Å². The normalized spacial score (nSPS) is 28.1. The lowest BCUT2D eigenvalue weighted by atomic mass is 9.98. The van der Waals surface area contributed by atoms with Crippen molar-refractivity contribution in [2.45, 2.75) is 18.3 Å². The van der Waals surface area contributed by atoms with Gasteiger partial charge in [-0.2, -0.15) is 0 Å². The number of rotatable bonds is 0. The van der Waals surface area contributed by atoms with Gasteiger partial charge in [-0.3, -0.25) is 0 Å². The molecule has 0 saturated carbocycles. The van der Waals surface area contributed by atoms with Crippen molar-refractivity contribution in [2.24, 2.45) is 0 Å². The van der Waals surface area contributed by atoms with Crippen LogP contribution in [0.5, 0.6) is 0 Å². The van der Waals surface area contributed by atoms with Gasteiger partial charge in [-0.15, -0.1) is 12.4 Å². The summed E-state index contributed by atoms with van der Waals surface area (Å²) >= 11 is 3.54. The predicted molar refractivity (Wildman–Crippen MR) is 64.4 cm³/mol. The number of benzene rings is 1. The number of hydrogen-bond donors (Lipinski definition) is 1. The number of halogens is 2. The van der Waals surface area contributed by atoms with Gasteiger partial charge < -0.3 is 5.32 Å². The first-order valence-corrected chi connectivity index (χ1v) is 5.64. The molecule has 3 heteroatoms. The van der Waals surface area contributed by atoms with Crippen LogP contribution >= 0.6 is 28.3 Å². The first-order chi connectivity index (χ1) is 6.34. The molecule has 1 N–H and O–H groups in total. The van der Waals surface area contributed by atoms with Gasteiger partial charge in [0, 0.05) is 17.6 Å². The summed E-state index contributed by atoms with van der Waals surface area (Å²) in [5.41, 5.74) is 3.16. The third-order valence-electron chi connectivity index (χ3n) is 3.28. The SMILES string of the molecule is Brc1ccc2c(c1)[C@H]1CNC[C@@H]2C1.Cl. The van der Waals surface area contributed by atoms with E-state index in [0.29, 0.717) is 0 Å². The first-order valence-electron chi connectivity index (χ1n) is 4.84. The van der Waals surface area contributed by atoms with E-state index in [0.717, 1.165) is 11.8 Å². The molecule has 1 aliphatic heterocycles. The third kappa shape index (κ3) is 1.50. The Balaban J connectivity index is 0.000000750. The maximum absolute atomic E-state index is 3.54. The van der Waals surface area contributed by atoms with Crippen molar-refractivity contribution in [1.82, 2.24) is 5.32 Å². The van der Waals surface area contributed by atoms with Crippen LogP contribution in [0.2, 0.25) is 0 Å². The summed E-state index contributed by atoms with van der Waals surface area (Å²) in [6, 6.07) is 6.75. The number of hydrogen-bond acceptors (Lipinski definition) is 1. The van der Waals surface area contributed by atoms with Crippen LogP contribution in [0.3, 0.4) is 0 Å². The predicted octanol–water partition coefficient (Wildman–Crippen LogP) is 3.05. The van der Waals surface area contributed by atoms with Gasteiger partial charge in [0.25, 0.3) is 0 Å². The molecule has 0 spiro atoms. The Bertz CT molecular complexity index is 353. The number of nitrogens with one attached hydrogen (secondary N) is 1. The molecule has 2 aliphatic rings. The van der Waals surface area contributed by atoms with E-state index in [1.807, 2.05) is 0 Å². The third-order valence-corrected chi connectivity index (χ3v) is 3.77. The molecule has 1 aromatic rings.